The summed E-state index contributed by atoms with van der Waals surface area (Å²) in [6.07, 6.45) is 1.80. The summed E-state index contributed by atoms with van der Waals surface area (Å²) in [5, 5.41) is 11.9. The zero-order chi connectivity index (χ0) is 13.9. The molecule has 0 N–H and O–H groups in total. The van der Waals surface area contributed by atoms with E-state index in [1.807, 2.05) is 24.3 Å². The molecule has 0 bridgehead atoms. The summed E-state index contributed by atoms with van der Waals surface area (Å²) in [6.45, 7) is 3.47. The first-order valence-corrected chi connectivity index (χ1v) is 7.21. The molecule has 20 heavy (non-hydrogen) atoms. The molecule has 0 aliphatic carbocycles. The van der Waals surface area contributed by atoms with Crippen LogP contribution in [0.5, 0.6) is 0 Å². The lowest BCUT2D eigenvalue weighted by atomic mass is 10.3. The number of pyridine rings is 1. The topological polar surface area (TPSA) is 62.5 Å². The number of nitro groups is 1. The third kappa shape index (κ3) is 2.57. The second kappa shape index (κ2) is 5.46. The first-order valence-electron chi connectivity index (χ1n) is 6.39. The highest BCUT2D eigenvalue weighted by molar-refractivity contribution is 7.19. The molecule has 1 saturated heterocycles. The maximum atomic E-state index is 10.7. The van der Waals surface area contributed by atoms with Crippen LogP contribution in [0.2, 0.25) is 0 Å². The molecule has 0 saturated carbocycles. The molecule has 1 aliphatic heterocycles. The van der Waals surface area contributed by atoms with Gasteiger partial charge in [0.25, 0.3) is 0 Å². The molecule has 0 amide bonds. The van der Waals surface area contributed by atoms with Crippen LogP contribution in [0.25, 0.3) is 0 Å². The van der Waals surface area contributed by atoms with E-state index in [0.717, 1.165) is 37.0 Å². The minimum absolute atomic E-state index is 0.201. The fraction of sp³-hybridized carbons (Fsp3) is 0.308. The van der Waals surface area contributed by atoms with E-state index in [0.29, 0.717) is 0 Å². The van der Waals surface area contributed by atoms with E-state index in [1.165, 1.54) is 11.3 Å². The molecule has 0 radical (unpaired) electrons. The fourth-order valence-electron chi connectivity index (χ4n) is 2.28. The van der Waals surface area contributed by atoms with E-state index in [9.17, 15) is 10.1 Å². The molecule has 3 heterocycles. The average molecular weight is 290 g/mol. The van der Waals surface area contributed by atoms with Crippen LogP contribution in [0.4, 0.5) is 15.8 Å². The number of aromatic nitrogens is 1. The Bertz CT molecular complexity index is 593. The molecule has 6 nitrogen and oxygen atoms in total. The minimum Gasteiger partial charge on any atom is -0.360 e. The van der Waals surface area contributed by atoms with Crippen LogP contribution in [0.1, 0.15) is 0 Å². The maximum absolute atomic E-state index is 10.7. The van der Waals surface area contributed by atoms with Crippen LogP contribution >= 0.6 is 11.3 Å². The number of piperazine rings is 1. The average Bonchev–Trinajstić information content (AvgIpc) is 2.98. The second-order valence-electron chi connectivity index (χ2n) is 4.53. The number of nitrogens with zero attached hydrogens (tertiary/aromatic N) is 4. The lowest BCUT2D eigenvalue weighted by Crippen LogP contribution is -2.46. The molecular formula is C13H14N4O2S. The van der Waals surface area contributed by atoms with Crippen molar-refractivity contribution in [2.45, 2.75) is 0 Å². The van der Waals surface area contributed by atoms with Gasteiger partial charge in [-0.05, 0) is 29.5 Å². The van der Waals surface area contributed by atoms with Crippen LogP contribution in [-0.2, 0) is 0 Å². The predicted octanol–water partition coefficient (Wildman–Crippen LogP) is 2.38. The van der Waals surface area contributed by atoms with Gasteiger partial charge in [-0.3, -0.25) is 10.1 Å². The van der Waals surface area contributed by atoms with Gasteiger partial charge in [-0.1, -0.05) is 6.07 Å². The molecule has 7 heteroatoms. The lowest BCUT2D eigenvalue weighted by Gasteiger charge is -2.35. The third-order valence-electron chi connectivity index (χ3n) is 3.32. The van der Waals surface area contributed by atoms with Crippen molar-refractivity contribution in [1.82, 2.24) is 4.98 Å². The van der Waals surface area contributed by atoms with Crippen molar-refractivity contribution < 1.29 is 4.92 Å². The van der Waals surface area contributed by atoms with E-state index in [-0.39, 0.29) is 9.92 Å². The number of thiophene rings is 1. The lowest BCUT2D eigenvalue weighted by molar-refractivity contribution is -0.380. The van der Waals surface area contributed by atoms with Crippen molar-refractivity contribution in [3.05, 3.63) is 46.6 Å². The quantitative estimate of drug-likeness (QED) is 0.641. The number of hydrogen-bond acceptors (Lipinski definition) is 6. The molecular weight excluding hydrogens is 276 g/mol. The maximum Gasteiger partial charge on any atom is 0.326 e. The highest BCUT2D eigenvalue weighted by Gasteiger charge is 2.21. The van der Waals surface area contributed by atoms with Crippen LogP contribution in [0.15, 0.2) is 36.5 Å². The number of hydrogen-bond donors (Lipinski definition) is 0. The van der Waals surface area contributed by atoms with Crippen molar-refractivity contribution in [3.8, 4) is 0 Å². The Labute approximate surface area is 120 Å². The van der Waals surface area contributed by atoms with Gasteiger partial charge < -0.3 is 9.80 Å². The van der Waals surface area contributed by atoms with Crippen LogP contribution in [0.3, 0.4) is 0 Å². The van der Waals surface area contributed by atoms with Crippen molar-refractivity contribution >= 4 is 27.2 Å². The molecule has 1 aliphatic rings. The molecule has 2 aromatic rings. The van der Waals surface area contributed by atoms with Crippen molar-refractivity contribution in [3.63, 3.8) is 0 Å². The van der Waals surface area contributed by atoms with Crippen molar-refractivity contribution in [2.75, 3.05) is 36.0 Å². The summed E-state index contributed by atoms with van der Waals surface area (Å²) in [7, 11) is 0. The summed E-state index contributed by atoms with van der Waals surface area (Å²) >= 11 is 1.24. The molecule has 104 valence electrons. The molecule has 0 spiro atoms. The van der Waals surface area contributed by atoms with Gasteiger partial charge in [0.1, 0.15) is 5.82 Å². The van der Waals surface area contributed by atoms with Gasteiger partial charge in [0.15, 0.2) is 0 Å². The number of rotatable bonds is 3. The largest absolute Gasteiger partial charge is 0.360 e. The summed E-state index contributed by atoms with van der Waals surface area (Å²) in [5.74, 6) is 0.990. The molecule has 0 unspecified atom stereocenters. The van der Waals surface area contributed by atoms with Gasteiger partial charge in [-0.25, -0.2) is 4.98 Å². The summed E-state index contributed by atoms with van der Waals surface area (Å²) in [5.41, 5.74) is 0. The summed E-state index contributed by atoms with van der Waals surface area (Å²) in [6, 6.07) is 9.30. The smallest absolute Gasteiger partial charge is 0.326 e. The highest BCUT2D eigenvalue weighted by atomic mass is 32.1. The van der Waals surface area contributed by atoms with Crippen LogP contribution in [-0.4, -0.2) is 36.1 Å². The zero-order valence-corrected chi connectivity index (χ0v) is 11.6. The van der Waals surface area contributed by atoms with Crippen LogP contribution < -0.4 is 9.80 Å². The van der Waals surface area contributed by atoms with Crippen molar-refractivity contribution in [2.24, 2.45) is 0 Å². The van der Waals surface area contributed by atoms with Gasteiger partial charge >= 0.3 is 5.00 Å². The third-order valence-corrected chi connectivity index (χ3v) is 4.42. The second-order valence-corrected chi connectivity index (χ2v) is 5.57. The Kier molecular flexibility index (Phi) is 3.51. The molecule has 2 aromatic heterocycles. The van der Waals surface area contributed by atoms with E-state index >= 15 is 0 Å². The Morgan fingerprint density at radius 2 is 1.85 bits per heavy atom. The van der Waals surface area contributed by atoms with Crippen LogP contribution in [0, 0.1) is 10.1 Å². The first-order chi connectivity index (χ1) is 9.74. The van der Waals surface area contributed by atoms with E-state index in [1.54, 1.807) is 12.3 Å². The van der Waals surface area contributed by atoms with E-state index < -0.39 is 0 Å². The molecule has 0 atom stereocenters. The standard InChI is InChI=1S/C13H14N4O2S/c18-17(19)13-5-4-12(20-13)16-9-7-15(8-10-16)11-3-1-2-6-14-11/h1-6H,7-10H2. The monoisotopic (exact) mass is 290 g/mol. The normalized spacial score (nSPS) is 15.4. The minimum atomic E-state index is -0.335. The summed E-state index contributed by atoms with van der Waals surface area (Å²) in [4.78, 5) is 19.2. The van der Waals surface area contributed by atoms with Gasteiger partial charge in [-0.2, -0.15) is 0 Å². The highest BCUT2D eigenvalue weighted by Crippen LogP contribution is 2.32. The molecule has 3 rings (SSSR count). The van der Waals surface area contributed by atoms with Gasteiger partial charge in [0.05, 0.1) is 9.92 Å². The van der Waals surface area contributed by atoms with E-state index in [2.05, 4.69) is 14.8 Å². The van der Waals surface area contributed by atoms with Gasteiger partial charge in [0.2, 0.25) is 0 Å². The van der Waals surface area contributed by atoms with Crippen molar-refractivity contribution in [1.29, 1.82) is 0 Å². The zero-order valence-electron chi connectivity index (χ0n) is 10.8. The van der Waals surface area contributed by atoms with E-state index in [4.69, 9.17) is 0 Å². The fourth-order valence-corrected chi connectivity index (χ4v) is 3.16. The summed E-state index contributed by atoms with van der Waals surface area (Å²) < 4.78 is 0. The Hall–Kier alpha value is -2.15. The Balaban J connectivity index is 1.65. The first kappa shape index (κ1) is 12.9. The Morgan fingerprint density at radius 3 is 2.45 bits per heavy atom. The van der Waals surface area contributed by atoms with Gasteiger partial charge in [-0.15, -0.1) is 0 Å². The SMILES string of the molecule is O=[N+]([O-])c1ccc(N2CCN(c3ccccn3)CC2)s1. The molecule has 0 aromatic carbocycles. The predicted molar refractivity (Wildman–Crippen MR) is 79.6 cm³/mol. The van der Waals surface area contributed by atoms with Gasteiger partial charge in [0, 0.05) is 38.4 Å². The Morgan fingerprint density at radius 1 is 1.10 bits per heavy atom. The number of anilines is 2. The molecule has 1 fully saturated rings.